The molecule has 0 aromatic carbocycles. The van der Waals surface area contributed by atoms with E-state index in [4.69, 9.17) is 11.6 Å². The highest BCUT2D eigenvalue weighted by Crippen LogP contribution is 2.31. The molecule has 0 atom stereocenters. The number of rotatable bonds is 4. The number of hydrogen-bond donors (Lipinski definition) is 1. The summed E-state index contributed by atoms with van der Waals surface area (Å²) in [6.07, 6.45) is 7.55. The van der Waals surface area contributed by atoms with Crippen LogP contribution in [0, 0.1) is 17.7 Å². The summed E-state index contributed by atoms with van der Waals surface area (Å²) in [5.74, 6) is 1.22. The third kappa shape index (κ3) is 3.58. The second-order valence-corrected chi connectivity index (χ2v) is 5.55. The number of nitrogens with one attached hydrogen (secondary N) is 1. The molecule has 2 rings (SSSR count). The number of nitrogens with zero attached hydrogens (tertiary/aromatic N) is 1. The zero-order valence-electron chi connectivity index (χ0n) is 10.8. The lowest BCUT2D eigenvalue weighted by molar-refractivity contribution is 0.278. The number of anilines is 1. The van der Waals surface area contributed by atoms with Crippen LogP contribution in [0.2, 0.25) is 5.15 Å². The van der Waals surface area contributed by atoms with Gasteiger partial charge in [-0.15, -0.1) is 0 Å². The molecule has 18 heavy (non-hydrogen) atoms. The average Bonchev–Trinajstić information content (AvgIpc) is 2.40. The number of hydrogen-bond acceptors (Lipinski definition) is 2. The molecule has 1 fully saturated rings. The predicted octanol–water partition coefficient (Wildman–Crippen LogP) is 4.50. The predicted molar refractivity (Wildman–Crippen MR) is 73.4 cm³/mol. The monoisotopic (exact) mass is 270 g/mol. The van der Waals surface area contributed by atoms with Crippen molar-refractivity contribution in [3.8, 4) is 0 Å². The zero-order valence-corrected chi connectivity index (χ0v) is 11.5. The molecule has 0 amide bonds. The average molecular weight is 271 g/mol. The van der Waals surface area contributed by atoms with Gasteiger partial charge in [-0.3, -0.25) is 0 Å². The maximum Gasteiger partial charge on any atom is 0.164 e. The lowest BCUT2D eigenvalue weighted by Crippen LogP contribution is -2.21. The quantitative estimate of drug-likeness (QED) is 0.815. The normalized spacial score (nSPS) is 23.9. The zero-order chi connectivity index (χ0) is 13.0. The Morgan fingerprint density at radius 1 is 1.33 bits per heavy atom. The van der Waals surface area contributed by atoms with E-state index in [0.717, 1.165) is 12.5 Å². The van der Waals surface area contributed by atoms with E-state index in [9.17, 15) is 4.39 Å². The van der Waals surface area contributed by atoms with Gasteiger partial charge in [0.05, 0.1) is 11.9 Å². The van der Waals surface area contributed by atoms with Gasteiger partial charge in [-0.1, -0.05) is 37.8 Å². The maximum atomic E-state index is 13.5. The molecule has 0 aliphatic heterocycles. The van der Waals surface area contributed by atoms with E-state index in [1.165, 1.54) is 38.3 Å². The van der Waals surface area contributed by atoms with Crippen molar-refractivity contribution in [1.82, 2.24) is 4.98 Å². The summed E-state index contributed by atoms with van der Waals surface area (Å²) in [5.41, 5.74) is 0.465. The number of aromatic nitrogens is 1. The van der Waals surface area contributed by atoms with Gasteiger partial charge in [0, 0.05) is 12.6 Å². The first-order valence-corrected chi connectivity index (χ1v) is 7.11. The standard InChI is InChI=1S/C14H20ClFN2/c1-2-10-3-5-11(6-4-10)8-17-13-7-14(15)18-9-12(13)16/h7,9-11H,2-6,8H2,1H3,(H,17,18). The highest BCUT2D eigenvalue weighted by atomic mass is 35.5. The summed E-state index contributed by atoms with van der Waals surface area (Å²) < 4.78 is 13.5. The SMILES string of the molecule is CCC1CCC(CNc2cc(Cl)ncc2F)CC1. The van der Waals surface area contributed by atoms with Crippen LogP contribution in [0.4, 0.5) is 10.1 Å². The molecule has 4 heteroatoms. The largest absolute Gasteiger partial charge is 0.382 e. The van der Waals surface area contributed by atoms with Crippen molar-refractivity contribution in [2.75, 3.05) is 11.9 Å². The van der Waals surface area contributed by atoms with Gasteiger partial charge in [-0.25, -0.2) is 9.37 Å². The van der Waals surface area contributed by atoms with E-state index in [-0.39, 0.29) is 5.82 Å². The minimum Gasteiger partial charge on any atom is -0.382 e. The van der Waals surface area contributed by atoms with Gasteiger partial charge in [0.15, 0.2) is 5.82 Å². The molecular weight excluding hydrogens is 251 g/mol. The lowest BCUT2D eigenvalue weighted by atomic mass is 9.81. The molecule has 1 saturated carbocycles. The Morgan fingerprint density at radius 3 is 2.67 bits per heavy atom. The Kier molecular flexibility index (Phi) is 4.81. The second kappa shape index (κ2) is 6.37. The molecule has 1 heterocycles. The van der Waals surface area contributed by atoms with Crippen LogP contribution in [-0.2, 0) is 0 Å². The summed E-state index contributed by atoms with van der Waals surface area (Å²) in [5, 5.41) is 3.48. The first kappa shape index (κ1) is 13.6. The van der Waals surface area contributed by atoms with Crippen LogP contribution in [0.15, 0.2) is 12.3 Å². The summed E-state index contributed by atoms with van der Waals surface area (Å²) in [4.78, 5) is 3.71. The summed E-state index contributed by atoms with van der Waals surface area (Å²) in [6.45, 7) is 3.09. The molecule has 0 saturated heterocycles. The van der Waals surface area contributed by atoms with Gasteiger partial charge in [0.1, 0.15) is 5.15 Å². The summed E-state index contributed by atoms with van der Waals surface area (Å²) in [6, 6.07) is 1.55. The van der Waals surface area contributed by atoms with Crippen LogP contribution >= 0.6 is 11.6 Å². The van der Waals surface area contributed by atoms with E-state index in [1.54, 1.807) is 6.07 Å². The third-order valence-electron chi connectivity index (χ3n) is 3.95. The third-order valence-corrected chi connectivity index (χ3v) is 4.15. The molecular formula is C14H20ClFN2. The molecule has 100 valence electrons. The van der Waals surface area contributed by atoms with Crippen molar-refractivity contribution in [3.05, 3.63) is 23.2 Å². The molecule has 1 aliphatic rings. The van der Waals surface area contributed by atoms with Crippen molar-refractivity contribution in [2.24, 2.45) is 11.8 Å². The highest BCUT2D eigenvalue weighted by molar-refractivity contribution is 6.29. The Morgan fingerprint density at radius 2 is 2.00 bits per heavy atom. The van der Waals surface area contributed by atoms with Gasteiger partial charge < -0.3 is 5.32 Å². The molecule has 1 aromatic rings. The summed E-state index contributed by atoms with van der Waals surface area (Å²) in [7, 11) is 0. The van der Waals surface area contributed by atoms with Gasteiger partial charge in [-0.05, 0) is 24.7 Å². The second-order valence-electron chi connectivity index (χ2n) is 5.16. The van der Waals surface area contributed by atoms with E-state index in [1.807, 2.05) is 0 Å². The molecule has 1 N–H and O–H groups in total. The molecule has 0 unspecified atom stereocenters. The van der Waals surface area contributed by atoms with Crippen LogP contribution in [0.5, 0.6) is 0 Å². The van der Waals surface area contributed by atoms with Crippen molar-refractivity contribution in [2.45, 2.75) is 39.0 Å². The lowest BCUT2D eigenvalue weighted by Gasteiger charge is -2.28. The van der Waals surface area contributed by atoms with E-state index in [0.29, 0.717) is 16.8 Å². The van der Waals surface area contributed by atoms with E-state index >= 15 is 0 Å². The first-order chi connectivity index (χ1) is 8.69. The minimum atomic E-state index is -0.332. The highest BCUT2D eigenvalue weighted by Gasteiger charge is 2.19. The maximum absolute atomic E-state index is 13.5. The molecule has 1 aliphatic carbocycles. The molecule has 0 bridgehead atoms. The Labute approximate surface area is 113 Å². The van der Waals surface area contributed by atoms with Crippen molar-refractivity contribution < 1.29 is 4.39 Å². The topological polar surface area (TPSA) is 24.9 Å². The van der Waals surface area contributed by atoms with Gasteiger partial charge >= 0.3 is 0 Å². The van der Waals surface area contributed by atoms with Crippen LogP contribution in [0.3, 0.4) is 0 Å². The summed E-state index contributed by atoms with van der Waals surface area (Å²) >= 11 is 5.76. The number of pyridine rings is 1. The fraction of sp³-hybridized carbons (Fsp3) is 0.643. The van der Waals surface area contributed by atoms with Crippen molar-refractivity contribution in [1.29, 1.82) is 0 Å². The molecule has 2 nitrogen and oxygen atoms in total. The molecule has 0 spiro atoms. The van der Waals surface area contributed by atoms with Crippen molar-refractivity contribution in [3.63, 3.8) is 0 Å². The number of halogens is 2. The van der Waals surface area contributed by atoms with Gasteiger partial charge in [0.2, 0.25) is 0 Å². The Bertz CT molecular complexity index is 389. The molecule has 0 radical (unpaired) electrons. The molecule has 1 aromatic heterocycles. The Balaban J connectivity index is 1.83. The minimum absolute atomic E-state index is 0.327. The van der Waals surface area contributed by atoms with Gasteiger partial charge in [-0.2, -0.15) is 0 Å². The van der Waals surface area contributed by atoms with Crippen LogP contribution in [0.1, 0.15) is 39.0 Å². The van der Waals surface area contributed by atoms with E-state index in [2.05, 4.69) is 17.2 Å². The fourth-order valence-corrected chi connectivity index (χ4v) is 2.80. The fourth-order valence-electron chi connectivity index (χ4n) is 2.65. The van der Waals surface area contributed by atoms with Crippen LogP contribution in [-0.4, -0.2) is 11.5 Å². The smallest absolute Gasteiger partial charge is 0.164 e. The van der Waals surface area contributed by atoms with Crippen molar-refractivity contribution >= 4 is 17.3 Å². The Hall–Kier alpha value is -0.830. The van der Waals surface area contributed by atoms with Crippen LogP contribution < -0.4 is 5.32 Å². The van der Waals surface area contributed by atoms with Gasteiger partial charge in [0.25, 0.3) is 0 Å². The van der Waals surface area contributed by atoms with E-state index < -0.39 is 0 Å². The van der Waals surface area contributed by atoms with Crippen LogP contribution in [0.25, 0.3) is 0 Å². The first-order valence-electron chi connectivity index (χ1n) is 6.74.